The largest absolute Gasteiger partial charge is 0.416 e. The van der Waals surface area contributed by atoms with Gasteiger partial charge in [0.2, 0.25) is 0 Å². The summed E-state index contributed by atoms with van der Waals surface area (Å²) in [6.07, 6.45) is -1.30. The lowest BCUT2D eigenvalue weighted by Gasteiger charge is -2.09. The number of fused-ring (bicyclic) bond motifs is 1. The molecule has 28 heavy (non-hydrogen) atoms. The number of aromatic nitrogens is 3. The Bertz CT molecular complexity index is 1130. The van der Waals surface area contributed by atoms with E-state index in [2.05, 4.69) is 15.3 Å². The normalized spacial score (nSPS) is 11.5. The average Bonchev–Trinajstić information content (AvgIpc) is 3.12. The molecule has 4 rings (SSSR count). The van der Waals surface area contributed by atoms with Crippen molar-refractivity contribution in [3.05, 3.63) is 84.3 Å². The van der Waals surface area contributed by atoms with E-state index in [4.69, 9.17) is 0 Å². The molecule has 1 N–H and O–H groups in total. The molecule has 8 heteroatoms. The fraction of sp³-hybridized carbons (Fsp3) is 0.0500. The number of carbonyl (C=O) groups is 1. The Balaban J connectivity index is 1.51. The van der Waals surface area contributed by atoms with Crippen LogP contribution in [-0.2, 0) is 6.18 Å². The van der Waals surface area contributed by atoms with Gasteiger partial charge in [0.1, 0.15) is 12.1 Å². The molecule has 2 heterocycles. The van der Waals surface area contributed by atoms with Gasteiger partial charge in [-0.15, -0.1) is 0 Å². The number of nitrogens with zero attached hydrogens (tertiary/aromatic N) is 3. The van der Waals surface area contributed by atoms with Crippen molar-refractivity contribution in [2.75, 3.05) is 5.32 Å². The second-order valence-corrected chi connectivity index (χ2v) is 6.04. The van der Waals surface area contributed by atoms with Crippen molar-refractivity contribution in [3.63, 3.8) is 0 Å². The number of pyridine rings is 1. The highest BCUT2D eigenvalue weighted by atomic mass is 19.4. The molecule has 0 bridgehead atoms. The Kier molecular flexibility index (Phi) is 4.31. The van der Waals surface area contributed by atoms with E-state index in [9.17, 15) is 18.0 Å². The Morgan fingerprint density at radius 1 is 0.929 bits per heavy atom. The van der Waals surface area contributed by atoms with Crippen LogP contribution in [0.15, 0.2) is 73.2 Å². The second kappa shape index (κ2) is 6.80. The van der Waals surface area contributed by atoms with E-state index in [0.29, 0.717) is 11.5 Å². The Morgan fingerprint density at radius 3 is 2.36 bits per heavy atom. The average molecular weight is 382 g/mol. The van der Waals surface area contributed by atoms with Gasteiger partial charge in [0.25, 0.3) is 5.91 Å². The Hall–Kier alpha value is -3.68. The maximum absolute atomic E-state index is 12.6. The zero-order valence-electron chi connectivity index (χ0n) is 14.3. The molecule has 0 fully saturated rings. The maximum atomic E-state index is 12.6. The number of halogens is 3. The number of nitrogens with one attached hydrogen (secondary N) is 1. The Morgan fingerprint density at radius 2 is 1.68 bits per heavy atom. The van der Waals surface area contributed by atoms with Gasteiger partial charge in [-0.2, -0.15) is 13.2 Å². The van der Waals surface area contributed by atoms with Crippen LogP contribution in [0.5, 0.6) is 0 Å². The van der Waals surface area contributed by atoms with Crippen LogP contribution < -0.4 is 5.32 Å². The molecule has 1 amide bonds. The zero-order valence-corrected chi connectivity index (χ0v) is 14.3. The summed E-state index contributed by atoms with van der Waals surface area (Å²) in [4.78, 5) is 20.9. The fourth-order valence-corrected chi connectivity index (χ4v) is 2.76. The zero-order chi connectivity index (χ0) is 19.7. The summed E-state index contributed by atoms with van der Waals surface area (Å²) >= 11 is 0. The van der Waals surface area contributed by atoms with Crippen LogP contribution in [0.25, 0.3) is 16.9 Å². The minimum Gasteiger partial charge on any atom is -0.321 e. The molecule has 4 aromatic rings. The van der Waals surface area contributed by atoms with Gasteiger partial charge >= 0.3 is 6.18 Å². The van der Waals surface area contributed by atoms with Crippen molar-refractivity contribution in [1.82, 2.24) is 14.5 Å². The number of amides is 1. The van der Waals surface area contributed by atoms with Crippen LogP contribution in [0, 0.1) is 0 Å². The third-order valence-electron chi connectivity index (χ3n) is 4.18. The van der Waals surface area contributed by atoms with Crippen molar-refractivity contribution < 1.29 is 18.0 Å². The van der Waals surface area contributed by atoms with Crippen molar-refractivity contribution in [1.29, 1.82) is 0 Å². The van der Waals surface area contributed by atoms with Crippen LogP contribution in [0.2, 0.25) is 0 Å². The molecule has 0 saturated heterocycles. The number of alkyl halides is 3. The summed E-state index contributed by atoms with van der Waals surface area (Å²) in [7, 11) is 0. The van der Waals surface area contributed by atoms with Crippen molar-refractivity contribution in [3.8, 4) is 5.82 Å². The van der Waals surface area contributed by atoms with E-state index in [1.807, 2.05) is 28.8 Å². The van der Waals surface area contributed by atoms with Gasteiger partial charge in [-0.05, 0) is 48.5 Å². The lowest BCUT2D eigenvalue weighted by Crippen LogP contribution is -2.13. The minimum atomic E-state index is -4.44. The predicted molar refractivity (Wildman–Crippen MR) is 98.3 cm³/mol. The molecule has 2 aromatic heterocycles. The van der Waals surface area contributed by atoms with Crippen LogP contribution in [-0.4, -0.2) is 20.4 Å². The van der Waals surface area contributed by atoms with E-state index in [0.717, 1.165) is 35.3 Å². The molecule has 0 atom stereocenters. The molecule has 0 radical (unpaired) electrons. The number of benzene rings is 2. The molecule has 0 saturated carbocycles. The SMILES string of the molecule is O=C(Nc1ccc(-n2cnc3ccccc32)nc1)c1ccc(C(F)(F)F)cc1. The molecular weight excluding hydrogens is 369 g/mol. The molecule has 0 unspecified atom stereocenters. The molecular formula is C20H13F3N4O. The number of anilines is 1. The van der Waals surface area contributed by atoms with Crippen LogP contribution in [0.1, 0.15) is 15.9 Å². The van der Waals surface area contributed by atoms with Crippen LogP contribution >= 0.6 is 0 Å². The number of hydrogen-bond donors (Lipinski definition) is 1. The van der Waals surface area contributed by atoms with Gasteiger partial charge in [0.15, 0.2) is 0 Å². The van der Waals surface area contributed by atoms with Crippen LogP contribution in [0.3, 0.4) is 0 Å². The standard InChI is InChI=1S/C20H13F3N4O/c21-20(22,23)14-7-5-13(6-8-14)19(28)26-15-9-10-18(24-11-15)27-12-25-16-3-1-2-4-17(16)27/h1-12H,(H,26,28). The highest BCUT2D eigenvalue weighted by Gasteiger charge is 2.30. The van der Waals surface area contributed by atoms with E-state index < -0.39 is 17.6 Å². The lowest BCUT2D eigenvalue weighted by molar-refractivity contribution is -0.137. The first-order valence-corrected chi connectivity index (χ1v) is 8.29. The van der Waals surface area contributed by atoms with Crippen molar-refractivity contribution in [2.24, 2.45) is 0 Å². The molecule has 0 aliphatic rings. The molecule has 0 aliphatic carbocycles. The molecule has 140 valence electrons. The third kappa shape index (κ3) is 3.44. The minimum absolute atomic E-state index is 0.123. The van der Waals surface area contributed by atoms with Gasteiger partial charge in [0, 0.05) is 5.56 Å². The maximum Gasteiger partial charge on any atom is 0.416 e. The number of rotatable bonds is 3. The van der Waals surface area contributed by atoms with E-state index in [1.165, 1.54) is 6.20 Å². The number of imidazole rings is 1. The number of carbonyl (C=O) groups excluding carboxylic acids is 1. The Labute approximate surface area is 157 Å². The summed E-state index contributed by atoms with van der Waals surface area (Å²) in [5.74, 6) is 0.109. The molecule has 5 nitrogen and oxygen atoms in total. The fourth-order valence-electron chi connectivity index (χ4n) is 2.76. The van der Waals surface area contributed by atoms with E-state index in [1.54, 1.807) is 18.5 Å². The molecule has 2 aromatic carbocycles. The van der Waals surface area contributed by atoms with Gasteiger partial charge in [0.05, 0.1) is 28.5 Å². The van der Waals surface area contributed by atoms with Crippen molar-refractivity contribution >= 4 is 22.6 Å². The van der Waals surface area contributed by atoms with Gasteiger partial charge < -0.3 is 5.32 Å². The molecule has 0 aliphatic heterocycles. The quantitative estimate of drug-likeness (QED) is 0.559. The number of hydrogen-bond acceptors (Lipinski definition) is 3. The highest BCUT2D eigenvalue weighted by molar-refractivity contribution is 6.04. The summed E-state index contributed by atoms with van der Waals surface area (Å²) < 4.78 is 39.6. The monoisotopic (exact) mass is 382 g/mol. The second-order valence-electron chi connectivity index (χ2n) is 6.04. The predicted octanol–water partition coefficient (Wildman–Crippen LogP) is 4.69. The summed E-state index contributed by atoms with van der Waals surface area (Å²) in [5, 5.41) is 2.62. The van der Waals surface area contributed by atoms with E-state index in [-0.39, 0.29) is 5.56 Å². The topological polar surface area (TPSA) is 59.8 Å². The van der Waals surface area contributed by atoms with E-state index >= 15 is 0 Å². The first kappa shape index (κ1) is 17.7. The third-order valence-corrected chi connectivity index (χ3v) is 4.18. The molecule has 0 spiro atoms. The first-order chi connectivity index (χ1) is 13.4. The summed E-state index contributed by atoms with van der Waals surface area (Å²) in [6, 6.07) is 15.0. The van der Waals surface area contributed by atoms with Crippen LogP contribution in [0.4, 0.5) is 18.9 Å². The van der Waals surface area contributed by atoms with Gasteiger partial charge in [-0.1, -0.05) is 12.1 Å². The summed E-state index contributed by atoms with van der Waals surface area (Å²) in [5.41, 5.74) is 1.49. The lowest BCUT2D eigenvalue weighted by atomic mass is 10.1. The first-order valence-electron chi connectivity index (χ1n) is 8.29. The van der Waals surface area contributed by atoms with Gasteiger partial charge in [-0.3, -0.25) is 9.36 Å². The summed E-state index contributed by atoms with van der Waals surface area (Å²) in [6.45, 7) is 0. The van der Waals surface area contributed by atoms with Crippen molar-refractivity contribution in [2.45, 2.75) is 6.18 Å². The smallest absolute Gasteiger partial charge is 0.321 e. The highest BCUT2D eigenvalue weighted by Crippen LogP contribution is 2.29. The van der Waals surface area contributed by atoms with Gasteiger partial charge in [-0.25, -0.2) is 9.97 Å². The number of para-hydroxylation sites is 2.